The van der Waals surface area contributed by atoms with Crippen molar-refractivity contribution in [1.29, 1.82) is 0 Å². The van der Waals surface area contributed by atoms with Gasteiger partial charge < -0.3 is 21.0 Å². The molecule has 0 aromatic heterocycles. The Morgan fingerprint density at radius 3 is 1.67 bits per heavy atom. The summed E-state index contributed by atoms with van der Waals surface area (Å²) >= 11 is 0. The molecule has 0 radical (unpaired) electrons. The van der Waals surface area contributed by atoms with Crippen LogP contribution in [-0.2, 0) is 19.2 Å². The second kappa shape index (κ2) is 16.1. The van der Waals surface area contributed by atoms with Crippen LogP contribution in [-0.4, -0.2) is 24.5 Å². The van der Waals surface area contributed by atoms with Crippen molar-refractivity contribution in [3.63, 3.8) is 0 Å². The molecule has 0 spiro atoms. The summed E-state index contributed by atoms with van der Waals surface area (Å²) in [6, 6.07) is 0. The zero-order chi connectivity index (χ0) is 18.0. The summed E-state index contributed by atoms with van der Waals surface area (Å²) in [5.41, 5.74) is 9.93. The number of rotatable bonds is 14. The summed E-state index contributed by atoms with van der Waals surface area (Å²) in [6.07, 6.45) is 14.7. The number of nitrogens with zero attached hydrogens (tertiary/aromatic N) is 1. The van der Waals surface area contributed by atoms with E-state index in [1.165, 1.54) is 57.8 Å². The van der Waals surface area contributed by atoms with Gasteiger partial charge in [0.2, 0.25) is 5.96 Å². The van der Waals surface area contributed by atoms with Gasteiger partial charge in [-0.25, -0.2) is 9.59 Å². The van der Waals surface area contributed by atoms with E-state index >= 15 is 0 Å². The van der Waals surface area contributed by atoms with Gasteiger partial charge in [-0.2, -0.15) is 0 Å². The second-order valence-corrected chi connectivity index (χ2v) is 5.92. The van der Waals surface area contributed by atoms with Crippen LogP contribution in [0, 0.1) is 0 Å². The molecule has 7 nitrogen and oxygen atoms in total. The average molecular weight is 343 g/mol. The quantitative estimate of drug-likeness (QED) is 0.0952. The molecule has 0 aromatic rings. The second-order valence-electron chi connectivity index (χ2n) is 5.92. The summed E-state index contributed by atoms with van der Waals surface area (Å²) in [7, 11) is 0. The summed E-state index contributed by atoms with van der Waals surface area (Å²) in [4.78, 5) is 26.4. The molecule has 0 atom stereocenters. The molecule has 0 bridgehead atoms. The number of guanidine groups is 1. The number of carbonyl (C=O) groups excluding carboxylic acids is 2. The number of carbonyl (C=O) groups is 2. The first-order valence-electron chi connectivity index (χ1n) is 9.05. The highest BCUT2D eigenvalue weighted by Gasteiger charge is 2.17. The number of unbranched alkanes of at least 4 members (excludes halogenated alkanes) is 11. The van der Waals surface area contributed by atoms with Crippen molar-refractivity contribution in [1.82, 2.24) is 0 Å². The van der Waals surface area contributed by atoms with Gasteiger partial charge in [0.25, 0.3) is 0 Å². The van der Waals surface area contributed by atoms with Crippen molar-refractivity contribution < 1.29 is 19.2 Å². The third-order valence-electron chi connectivity index (χ3n) is 3.63. The Kier molecular flexibility index (Phi) is 14.9. The van der Waals surface area contributed by atoms with E-state index in [2.05, 4.69) is 16.9 Å². The van der Waals surface area contributed by atoms with E-state index in [-0.39, 0.29) is 6.61 Å². The zero-order valence-electron chi connectivity index (χ0n) is 14.9. The maximum absolute atomic E-state index is 11.2. The minimum atomic E-state index is -1.22. The largest absolute Gasteiger partial charge is 0.457 e. The topological polar surface area (TPSA) is 117 Å². The molecule has 7 heteroatoms. The van der Waals surface area contributed by atoms with Gasteiger partial charge in [-0.05, 0) is 11.6 Å². The molecule has 0 rings (SSSR count). The number of nitrogens with two attached hydrogens (primary N) is 2. The predicted octanol–water partition coefficient (Wildman–Crippen LogP) is 2.96. The molecule has 0 aromatic carbocycles. The fourth-order valence-corrected chi connectivity index (χ4v) is 2.30. The summed E-state index contributed by atoms with van der Waals surface area (Å²) < 4.78 is 4.76. The highest BCUT2D eigenvalue weighted by molar-refractivity contribution is 6.29. The van der Waals surface area contributed by atoms with Crippen LogP contribution in [0.3, 0.4) is 0 Å². The number of hydrogen-bond acceptors (Lipinski definition) is 5. The number of esters is 1. The Labute approximate surface area is 145 Å². The monoisotopic (exact) mass is 343 g/mol. The maximum atomic E-state index is 11.2. The fraction of sp³-hybridized carbons (Fsp3) is 0.824. The van der Waals surface area contributed by atoms with Crippen LogP contribution in [0.2, 0.25) is 0 Å². The van der Waals surface area contributed by atoms with E-state index < -0.39 is 17.9 Å². The molecule has 0 amide bonds. The Morgan fingerprint density at radius 2 is 1.21 bits per heavy atom. The Balaban J connectivity index is 3.31. The third-order valence-corrected chi connectivity index (χ3v) is 3.63. The Bertz CT molecular complexity index is 369. The van der Waals surface area contributed by atoms with Gasteiger partial charge >= 0.3 is 11.9 Å². The first-order valence-corrected chi connectivity index (χ1v) is 9.05. The number of ether oxygens (including phenoxy) is 1. The fourth-order valence-electron chi connectivity index (χ4n) is 2.30. The number of hydrogen-bond donors (Lipinski definition) is 2. The molecule has 0 heterocycles. The molecular formula is C17H33N3O4. The molecule has 0 aliphatic carbocycles. The summed E-state index contributed by atoms with van der Waals surface area (Å²) in [5, 5.41) is 2.98. The lowest BCUT2D eigenvalue weighted by Gasteiger charge is -2.04. The molecule has 0 aliphatic rings. The Hall–Kier alpha value is -1.79. The molecular weight excluding hydrogens is 310 g/mol. The highest BCUT2D eigenvalue weighted by Crippen LogP contribution is 2.11. The van der Waals surface area contributed by atoms with Crippen LogP contribution in [0.15, 0.2) is 5.16 Å². The van der Waals surface area contributed by atoms with Crippen molar-refractivity contribution in [3.8, 4) is 0 Å². The van der Waals surface area contributed by atoms with Gasteiger partial charge in [-0.15, -0.1) is 0 Å². The van der Waals surface area contributed by atoms with E-state index in [9.17, 15) is 9.59 Å². The van der Waals surface area contributed by atoms with E-state index in [0.717, 1.165) is 19.3 Å². The van der Waals surface area contributed by atoms with E-state index in [1.807, 2.05) is 0 Å². The minimum Gasteiger partial charge on any atom is -0.457 e. The maximum Gasteiger partial charge on any atom is 0.443 e. The lowest BCUT2D eigenvalue weighted by molar-refractivity contribution is -0.167. The molecule has 0 fully saturated rings. The first-order chi connectivity index (χ1) is 11.6. The molecule has 24 heavy (non-hydrogen) atoms. The summed E-state index contributed by atoms with van der Waals surface area (Å²) in [6.45, 7) is 2.44. The van der Waals surface area contributed by atoms with Gasteiger partial charge in [-0.3, -0.25) is 0 Å². The van der Waals surface area contributed by atoms with Crippen molar-refractivity contribution in [2.75, 3.05) is 6.61 Å². The van der Waals surface area contributed by atoms with Crippen molar-refractivity contribution >= 4 is 17.9 Å². The third kappa shape index (κ3) is 15.1. The lowest BCUT2D eigenvalue weighted by atomic mass is 10.1. The van der Waals surface area contributed by atoms with Crippen LogP contribution in [0.4, 0.5) is 0 Å². The van der Waals surface area contributed by atoms with Crippen molar-refractivity contribution in [2.24, 2.45) is 16.6 Å². The SMILES string of the molecule is CCCCCCCCCCCCCCOC(=O)C(=O)ON=C(N)N. The average Bonchev–Trinajstić information content (AvgIpc) is 2.56. The highest BCUT2D eigenvalue weighted by atomic mass is 16.7. The van der Waals surface area contributed by atoms with Crippen LogP contribution in [0.1, 0.15) is 84.0 Å². The first kappa shape index (κ1) is 22.2. The van der Waals surface area contributed by atoms with E-state index in [4.69, 9.17) is 16.2 Å². The van der Waals surface area contributed by atoms with Crippen LogP contribution in [0.25, 0.3) is 0 Å². The molecule has 0 saturated carbocycles. The molecule has 4 N–H and O–H groups in total. The lowest BCUT2D eigenvalue weighted by Crippen LogP contribution is -2.25. The van der Waals surface area contributed by atoms with E-state index in [1.54, 1.807) is 0 Å². The molecule has 0 saturated heterocycles. The van der Waals surface area contributed by atoms with Gasteiger partial charge in [0.1, 0.15) is 0 Å². The molecule has 0 aliphatic heterocycles. The van der Waals surface area contributed by atoms with Crippen molar-refractivity contribution in [2.45, 2.75) is 84.0 Å². The van der Waals surface area contributed by atoms with Gasteiger partial charge in [0.05, 0.1) is 6.61 Å². The standard InChI is InChI=1S/C17H33N3O4/c1-2-3-4-5-6-7-8-9-10-11-12-13-14-23-15(21)16(22)24-20-17(18)19/h2-14H2,1H3,(H4,18,19,20). The predicted molar refractivity (Wildman–Crippen MR) is 93.9 cm³/mol. The minimum absolute atomic E-state index is 0.202. The van der Waals surface area contributed by atoms with Crippen LogP contribution >= 0.6 is 0 Å². The Morgan fingerprint density at radius 1 is 0.750 bits per heavy atom. The number of oxime groups is 1. The van der Waals surface area contributed by atoms with Crippen LogP contribution < -0.4 is 11.5 Å². The van der Waals surface area contributed by atoms with Crippen molar-refractivity contribution in [3.05, 3.63) is 0 Å². The van der Waals surface area contributed by atoms with E-state index in [0.29, 0.717) is 0 Å². The smallest absolute Gasteiger partial charge is 0.443 e. The van der Waals surface area contributed by atoms with Gasteiger partial charge in [0.15, 0.2) is 0 Å². The normalized spacial score (nSPS) is 10.2. The summed E-state index contributed by atoms with van der Waals surface area (Å²) in [5.74, 6) is -2.73. The zero-order valence-corrected chi connectivity index (χ0v) is 14.9. The van der Waals surface area contributed by atoms with Crippen LogP contribution in [0.5, 0.6) is 0 Å². The van der Waals surface area contributed by atoms with Gasteiger partial charge in [0, 0.05) is 0 Å². The molecule has 140 valence electrons. The molecule has 0 unspecified atom stereocenters. The van der Waals surface area contributed by atoms with Gasteiger partial charge in [-0.1, -0.05) is 77.6 Å².